The topological polar surface area (TPSA) is 202 Å². The van der Waals surface area contributed by atoms with Crippen molar-refractivity contribution in [3.05, 3.63) is 87.2 Å². The van der Waals surface area contributed by atoms with Gasteiger partial charge in [0.1, 0.15) is 29.5 Å². The molecular formula is C53H61ClF4N10O7. The van der Waals surface area contributed by atoms with Gasteiger partial charge in [0.2, 0.25) is 17.7 Å². The van der Waals surface area contributed by atoms with Crippen LogP contribution in [0.3, 0.4) is 0 Å². The number of anilines is 1. The number of imide groups is 1. The van der Waals surface area contributed by atoms with Gasteiger partial charge in [-0.05, 0) is 94.5 Å². The van der Waals surface area contributed by atoms with Gasteiger partial charge in [0.25, 0.3) is 0 Å². The second-order valence-electron chi connectivity index (χ2n) is 20.8. The quantitative estimate of drug-likeness (QED) is 0.0857. The number of carbonyl (C=O) groups excluding carboxylic acids is 4. The van der Waals surface area contributed by atoms with Gasteiger partial charge in [0.15, 0.2) is 28.8 Å². The van der Waals surface area contributed by atoms with Gasteiger partial charge in [0, 0.05) is 111 Å². The van der Waals surface area contributed by atoms with E-state index in [9.17, 15) is 24.3 Å². The third-order valence-corrected chi connectivity index (χ3v) is 16.7. The van der Waals surface area contributed by atoms with Crippen molar-refractivity contribution >= 4 is 52.1 Å². The van der Waals surface area contributed by atoms with Crippen LogP contribution in [-0.4, -0.2) is 123 Å². The highest BCUT2D eigenvalue weighted by molar-refractivity contribution is 6.34. The second-order valence-corrected chi connectivity index (χ2v) is 21.1. The number of hydrogen-bond donors (Lipinski definition) is 4. The predicted octanol–water partition coefficient (Wildman–Crippen LogP) is 6.76. The number of aromatic nitrogens is 4. The van der Waals surface area contributed by atoms with Gasteiger partial charge >= 0.3 is 6.03 Å². The van der Waals surface area contributed by atoms with Gasteiger partial charge in [0.05, 0.1) is 28.8 Å². The molecule has 3 saturated heterocycles. The molecule has 2 atom stereocenters. The van der Waals surface area contributed by atoms with Crippen molar-refractivity contribution in [3.63, 3.8) is 0 Å². The molecule has 10 rings (SSSR count). The van der Waals surface area contributed by atoms with Crippen LogP contribution in [0, 0.1) is 35.1 Å². The first-order chi connectivity index (χ1) is 36.0. The summed E-state index contributed by atoms with van der Waals surface area (Å²) in [5.41, 5.74) is 5.06. The molecule has 2 aromatic heterocycles. The first-order valence-electron chi connectivity index (χ1n) is 25.7. The van der Waals surface area contributed by atoms with Crippen molar-refractivity contribution in [1.29, 1.82) is 0 Å². The molecule has 5 aliphatic rings. The van der Waals surface area contributed by atoms with Crippen LogP contribution in [-0.2, 0) is 29.3 Å². The van der Waals surface area contributed by atoms with E-state index in [1.165, 1.54) is 27.8 Å². The zero-order valence-corrected chi connectivity index (χ0v) is 42.8. The third-order valence-electron chi connectivity index (χ3n) is 16.3. The summed E-state index contributed by atoms with van der Waals surface area (Å²) < 4.78 is 79.5. The third kappa shape index (κ3) is 9.69. The minimum absolute atomic E-state index is 0.0122. The normalized spacial score (nSPS) is 22.9. The Morgan fingerprint density at radius 1 is 0.947 bits per heavy atom. The highest BCUT2D eigenvalue weighted by atomic mass is 35.5. The molecular weight excluding hydrogens is 1000 g/mol. The SMILES string of the molecule is C[C@H]1c2c(cc(F)c(Cl)c2-c2c(C(N)=O)ccc(OCCO)c2F)O[C@]1(CNC1CCC(C(=O)N2CCC(CN3CCC(c4c(F)cc5c(N6CCC(=O)NC6=O)nn(C)c5c4F)CC3)CC2)CC1)c1cnn(C)c1. The highest BCUT2D eigenvalue weighted by Crippen LogP contribution is 2.56. The summed E-state index contributed by atoms with van der Waals surface area (Å²) >= 11 is 6.70. The van der Waals surface area contributed by atoms with E-state index in [1.54, 1.807) is 31.2 Å². The number of ether oxygens (including phenoxy) is 2. The molecule has 5 N–H and O–H groups in total. The number of aliphatic hydroxyl groups excluding tert-OH is 1. The summed E-state index contributed by atoms with van der Waals surface area (Å²) in [6, 6.07) is 4.25. The first-order valence-corrected chi connectivity index (χ1v) is 26.1. The van der Waals surface area contributed by atoms with E-state index < -0.39 is 64.3 Å². The molecule has 6 heterocycles. The molecule has 1 aliphatic carbocycles. The zero-order chi connectivity index (χ0) is 53.0. The monoisotopic (exact) mass is 1060 g/mol. The number of urea groups is 1. The molecule has 3 aromatic carbocycles. The summed E-state index contributed by atoms with van der Waals surface area (Å²) in [5.74, 6) is -5.21. The molecule has 17 nitrogen and oxygen atoms in total. The number of primary amides is 1. The van der Waals surface area contributed by atoms with Crippen molar-refractivity contribution in [2.24, 2.45) is 31.7 Å². The Morgan fingerprint density at radius 2 is 1.68 bits per heavy atom. The highest BCUT2D eigenvalue weighted by Gasteiger charge is 2.51. The number of amides is 5. The number of likely N-dealkylation sites (tertiary alicyclic amines) is 2. The zero-order valence-electron chi connectivity index (χ0n) is 42.1. The van der Waals surface area contributed by atoms with Crippen LogP contribution in [0.25, 0.3) is 22.0 Å². The molecule has 0 spiro atoms. The van der Waals surface area contributed by atoms with Crippen LogP contribution in [0.15, 0.2) is 36.7 Å². The lowest BCUT2D eigenvalue weighted by Crippen LogP contribution is -2.49. The Kier molecular flexibility index (Phi) is 14.6. The lowest BCUT2D eigenvalue weighted by Gasteiger charge is -2.40. The van der Waals surface area contributed by atoms with Gasteiger partial charge in [-0.1, -0.05) is 18.5 Å². The fourth-order valence-electron chi connectivity index (χ4n) is 12.3. The molecule has 4 fully saturated rings. The van der Waals surface area contributed by atoms with Crippen LogP contribution in [0.1, 0.15) is 104 Å². The number of hydrogen-bond acceptors (Lipinski definition) is 11. The van der Waals surface area contributed by atoms with Crippen molar-refractivity contribution in [2.45, 2.75) is 88.2 Å². The van der Waals surface area contributed by atoms with E-state index in [0.717, 1.165) is 38.3 Å². The van der Waals surface area contributed by atoms with Gasteiger partial charge in [-0.25, -0.2) is 22.4 Å². The number of nitrogens with two attached hydrogens (primary N) is 1. The van der Waals surface area contributed by atoms with Crippen molar-refractivity contribution in [1.82, 2.24) is 40.0 Å². The Balaban J connectivity index is 0.739. The number of nitrogens with zero attached hydrogens (tertiary/aromatic N) is 7. The van der Waals surface area contributed by atoms with Crippen LogP contribution < -0.4 is 30.7 Å². The lowest BCUT2D eigenvalue weighted by atomic mass is 9.77. The summed E-state index contributed by atoms with van der Waals surface area (Å²) in [6.45, 7) is 5.06. The number of aryl methyl sites for hydroxylation is 2. The number of piperidine rings is 2. The van der Waals surface area contributed by atoms with Crippen molar-refractivity contribution in [3.8, 4) is 22.6 Å². The van der Waals surface area contributed by atoms with Crippen molar-refractivity contribution < 1.29 is 51.3 Å². The van der Waals surface area contributed by atoms with E-state index in [4.69, 9.17) is 26.8 Å². The second kappa shape index (κ2) is 21.0. The van der Waals surface area contributed by atoms with Crippen LogP contribution in [0.2, 0.25) is 5.02 Å². The maximum atomic E-state index is 16.5. The minimum atomic E-state index is -1.19. The van der Waals surface area contributed by atoms with Crippen molar-refractivity contribution in [2.75, 3.05) is 63.9 Å². The molecule has 75 heavy (non-hydrogen) atoms. The Labute approximate surface area is 435 Å². The molecule has 1 saturated carbocycles. The number of halogens is 5. The summed E-state index contributed by atoms with van der Waals surface area (Å²) in [5, 5.41) is 23.8. The smallest absolute Gasteiger partial charge is 0.329 e. The maximum Gasteiger partial charge on any atom is 0.329 e. The van der Waals surface area contributed by atoms with Crippen LogP contribution >= 0.6 is 11.6 Å². The first kappa shape index (κ1) is 52.2. The van der Waals surface area contributed by atoms with Crippen LogP contribution in [0.5, 0.6) is 11.5 Å². The minimum Gasteiger partial charge on any atom is -0.488 e. The summed E-state index contributed by atoms with van der Waals surface area (Å²) in [4.78, 5) is 56.6. The van der Waals surface area contributed by atoms with Gasteiger partial charge in [-0.15, -0.1) is 0 Å². The molecule has 5 amide bonds. The molecule has 0 radical (unpaired) electrons. The van der Waals surface area contributed by atoms with Crippen LogP contribution in [0.4, 0.5) is 28.2 Å². The van der Waals surface area contributed by atoms with Gasteiger partial charge in [-0.2, -0.15) is 10.2 Å². The number of benzene rings is 3. The van der Waals surface area contributed by atoms with E-state index in [2.05, 4.69) is 25.7 Å². The van der Waals surface area contributed by atoms with E-state index in [-0.39, 0.29) is 100 Å². The fraction of sp³-hybridized carbons (Fsp3) is 0.509. The average Bonchev–Trinajstić information content (AvgIpc) is 4.14. The number of rotatable bonds is 14. The maximum absolute atomic E-state index is 16.5. The molecule has 0 bridgehead atoms. The lowest BCUT2D eigenvalue weighted by molar-refractivity contribution is -0.138. The summed E-state index contributed by atoms with van der Waals surface area (Å²) in [6.07, 6.45) is 9.22. The molecule has 0 unspecified atom stereocenters. The fourth-order valence-corrected chi connectivity index (χ4v) is 12.6. The van der Waals surface area contributed by atoms with Gasteiger partial charge in [-0.3, -0.25) is 34.0 Å². The average molecular weight is 1060 g/mol. The largest absolute Gasteiger partial charge is 0.488 e. The summed E-state index contributed by atoms with van der Waals surface area (Å²) in [7, 11) is 3.32. The van der Waals surface area contributed by atoms with E-state index >= 15 is 17.6 Å². The molecule has 400 valence electrons. The number of carbonyl (C=O) groups is 4. The Hall–Kier alpha value is -6.29. The standard InChI is InChI=1S/C53H61ClF4N10O7/c1-28-41-39(23-37(56)45(54)44(41)43-34(49(59)71)8-9-38(46(43)57)74-21-20-69)75-53(28,32-24-61-64(2)26-32)27-60-33-6-4-31(5-7-33)51(72)67-17-10-29(11-18-67)25-66-15-12-30(13-16-66)42-36(55)22-35-48(47(42)58)65(3)63-50(35)68-19-14-40(70)62-52(68)73/h8-9,22-24,26,28-31,33,60,69H,4-7,10-21,25,27H2,1-3H3,(H2,59,71)(H,62,70,73)/t28-,31?,33?,53-/m0/s1. The van der Waals surface area contributed by atoms with E-state index in [1.807, 2.05) is 11.8 Å². The molecule has 4 aliphatic heterocycles. The molecule has 22 heteroatoms. The number of nitrogens with one attached hydrogen (secondary N) is 2. The number of fused-ring (bicyclic) bond motifs is 2. The van der Waals surface area contributed by atoms with Gasteiger partial charge < -0.3 is 35.4 Å². The Morgan fingerprint density at radius 3 is 2.35 bits per heavy atom. The van der Waals surface area contributed by atoms with E-state index in [0.29, 0.717) is 68.9 Å². The number of aliphatic hydroxyl groups is 1. The predicted molar refractivity (Wildman–Crippen MR) is 269 cm³/mol. The molecule has 5 aromatic rings. The Bertz CT molecular complexity index is 3060.